The fourth-order valence-corrected chi connectivity index (χ4v) is 3.77. The summed E-state index contributed by atoms with van der Waals surface area (Å²) < 4.78 is 5.64. The van der Waals surface area contributed by atoms with Crippen LogP contribution in [0.4, 0.5) is 5.69 Å². The number of amides is 2. The number of nitrogens with zero attached hydrogens (tertiary/aromatic N) is 1. The summed E-state index contributed by atoms with van der Waals surface area (Å²) in [5, 5.41) is 5.45. The minimum absolute atomic E-state index is 0.183. The minimum atomic E-state index is -0.647. The minimum Gasteiger partial charge on any atom is -0.467 e. The third-order valence-electron chi connectivity index (χ3n) is 5.41. The molecule has 1 atom stereocenters. The van der Waals surface area contributed by atoms with E-state index >= 15 is 0 Å². The van der Waals surface area contributed by atoms with Crippen LogP contribution in [0.5, 0.6) is 0 Å². The van der Waals surface area contributed by atoms with Crippen LogP contribution in [0.1, 0.15) is 28.5 Å². The summed E-state index contributed by atoms with van der Waals surface area (Å²) in [7, 11) is 0. The molecule has 0 aliphatic carbocycles. The maximum Gasteiger partial charge on any atom is 0.309 e. The third-order valence-corrected chi connectivity index (χ3v) is 5.41. The molecule has 2 aromatic carbocycles. The SMILES string of the molecule is Cc1ccc(CNC(=O)C(=O)NC[C@@H](c2ccco2)N2CCc3ccccc32)cc1. The zero-order chi connectivity index (χ0) is 20.9. The fourth-order valence-electron chi connectivity index (χ4n) is 3.77. The van der Waals surface area contributed by atoms with Gasteiger partial charge in [-0.1, -0.05) is 48.0 Å². The van der Waals surface area contributed by atoms with Gasteiger partial charge in [0.2, 0.25) is 0 Å². The highest BCUT2D eigenvalue weighted by Crippen LogP contribution is 2.34. The molecule has 2 N–H and O–H groups in total. The van der Waals surface area contributed by atoms with E-state index in [1.807, 2.05) is 55.5 Å². The number of nitrogens with one attached hydrogen (secondary N) is 2. The largest absolute Gasteiger partial charge is 0.467 e. The van der Waals surface area contributed by atoms with Gasteiger partial charge in [-0.05, 0) is 42.7 Å². The van der Waals surface area contributed by atoms with E-state index in [4.69, 9.17) is 4.42 Å². The van der Waals surface area contributed by atoms with Gasteiger partial charge in [0.1, 0.15) is 11.8 Å². The standard InChI is InChI=1S/C24H25N3O3/c1-17-8-10-18(11-9-17)15-25-23(28)24(29)26-16-21(22-7-4-14-30-22)27-13-12-19-5-2-3-6-20(19)27/h2-11,14,21H,12-13,15-16H2,1H3,(H,25,28)(H,26,29)/t21-/m0/s1. The molecule has 0 spiro atoms. The Morgan fingerprint density at radius 1 is 1.00 bits per heavy atom. The lowest BCUT2D eigenvalue weighted by molar-refractivity contribution is -0.139. The lowest BCUT2D eigenvalue weighted by atomic mass is 10.1. The number of rotatable bonds is 6. The van der Waals surface area contributed by atoms with Crippen molar-refractivity contribution in [3.63, 3.8) is 0 Å². The van der Waals surface area contributed by atoms with Crippen LogP contribution in [0.3, 0.4) is 0 Å². The van der Waals surface area contributed by atoms with Crippen molar-refractivity contribution in [3.05, 3.63) is 89.4 Å². The molecule has 0 bridgehead atoms. The molecule has 30 heavy (non-hydrogen) atoms. The number of carbonyl (C=O) groups excluding carboxylic acids is 2. The first kappa shape index (κ1) is 19.8. The molecule has 3 aromatic rings. The summed E-state index contributed by atoms with van der Waals surface area (Å²) in [4.78, 5) is 26.8. The first-order valence-electron chi connectivity index (χ1n) is 10.1. The quantitative estimate of drug-likeness (QED) is 0.620. The van der Waals surface area contributed by atoms with Crippen LogP contribution < -0.4 is 15.5 Å². The lowest BCUT2D eigenvalue weighted by Gasteiger charge is -2.29. The second-order valence-corrected chi connectivity index (χ2v) is 7.48. The molecule has 1 aliphatic rings. The van der Waals surface area contributed by atoms with Gasteiger partial charge in [0.25, 0.3) is 0 Å². The van der Waals surface area contributed by atoms with E-state index in [-0.39, 0.29) is 12.6 Å². The average Bonchev–Trinajstić information content (AvgIpc) is 3.44. The Kier molecular flexibility index (Phi) is 5.84. The molecule has 6 heteroatoms. The first-order chi connectivity index (χ1) is 14.6. The maximum atomic E-state index is 12.4. The van der Waals surface area contributed by atoms with Crippen LogP contribution in [0, 0.1) is 6.92 Å². The smallest absolute Gasteiger partial charge is 0.309 e. The van der Waals surface area contributed by atoms with E-state index in [0.29, 0.717) is 6.54 Å². The number of anilines is 1. The number of hydrogen-bond donors (Lipinski definition) is 2. The van der Waals surface area contributed by atoms with Crippen molar-refractivity contribution < 1.29 is 14.0 Å². The number of benzene rings is 2. The van der Waals surface area contributed by atoms with E-state index in [1.165, 1.54) is 5.56 Å². The Morgan fingerprint density at radius 3 is 2.53 bits per heavy atom. The van der Waals surface area contributed by atoms with Crippen LogP contribution in [0.15, 0.2) is 71.3 Å². The normalized spacial score (nSPS) is 13.6. The fraction of sp³-hybridized carbons (Fsp3) is 0.250. The third kappa shape index (κ3) is 4.38. The van der Waals surface area contributed by atoms with Crippen LogP contribution in [-0.4, -0.2) is 24.9 Å². The van der Waals surface area contributed by atoms with E-state index in [9.17, 15) is 9.59 Å². The molecule has 2 heterocycles. The summed E-state index contributed by atoms with van der Waals surface area (Å²) in [6, 6.07) is 19.6. The van der Waals surface area contributed by atoms with Gasteiger partial charge in [-0.2, -0.15) is 0 Å². The molecule has 2 amide bonds. The topological polar surface area (TPSA) is 74.6 Å². The van der Waals surface area contributed by atoms with Crippen molar-refractivity contribution in [3.8, 4) is 0 Å². The summed E-state index contributed by atoms with van der Waals surface area (Å²) >= 11 is 0. The van der Waals surface area contributed by atoms with Crippen molar-refractivity contribution >= 4 is 17.5 Å². The second-order valence-electron chi connectivity index (χ2n) is 7.48. The van der Waals surface area contributed by atoms with Gasteiger partial charge in [0, 0.05) is 25.3 Å². The Bertz CT molecular complexity index is 1010. The van der Waals surface area contributed by atoms with Gasteiger partial charge >= 0.3 is 11.8 Å². The molecule has 0 radical (unpaired) electrons. The van der Waals surface area contributed by atoms with Crippen molar-refractivity contribution in [2.75, 3.05) is 18.0 Å². The molecule has 0 saturated carbocycles. The van der Waals surface area contributed by atoms with Crippen LogP contribution in [0.2, 0.25) is 0 Å². The number of furan rings is 1. The van der Waals surface area contributed by atoms with Gasteiger partial charge in [-0.3, -0.25) is 9.59 Å². The summed E-state index contributed by atoms with van der Waals surface area (Å²) in [6.45, 7) is 3.43. The summed E-state index contributed by atoms with van der Waals surface area (Å²) in [5.41, 5.74) is 4.51. The molecular formula is C24H25N3O3. The number of aryl methyl sites for hydroxylation is 1. The predicted octanol–water partition coefficient (Wildman–Crippen LogP) is 3.12. The van der Waals surface area contributed by atoms with Gasteiger partial charge in [-0.25, -0.2) is 0 Å². The molecule has 1 aromatic heterocycles. The van der Waals surface area contributed by atoms with Crippen LogP contribution >= 0.6 is 0 Å². The van der Waals surface area contributed by atoms with Gasteiger partial charge in [-0.15, -0.1) is 0 Å². The Balaban J connectivity index is 1.38. The Labute approximate surface area is 175 Å². The lowest BCUT2D eigenvalue weighted by Crippen LogP contribution is -2.43. The molecule has 6 nitrogen and oxygen atoms in total. The first-order valence-corrected chi connectivity index (χ1v) is 10.1. The van der Waals surface area contributed by atoms with Gasteiger partial charge in [0.15, 0.2) is 0 Å². The van der Waals surface area contributed by atoms with E-state index in [2.05, 4.69) is 27.7 Å². The highest BCUT2D eigenvalue weighted by Gasteiger charge is 2.29. The van der Waals surface area contributed by atoms with Crippen molar-refractivity contribution in [1.82, 2.24) is 10.6 Å². The molecular weight excluding hydrogens is 378 g/mol. The molecule has 0 saturated heterocycles. The van der Waals surface area contributed by atoms with Gasteiger partial charge in [0.05, 0.1) is 6.26 Å². The van der Waals surface area contributed by atoms with Crippen LogP contribution in [0.25, 0.3) is 0 Å². The number of para-hydroxylation sites is 1. The number of carbonyl (C=O) groups is 2. The monoisotopic (exact) mass is 403 g/mol. The molecule has 0 fully saturated rings. The summed E-state index contributed by atoms with van der Waals surface area (Å²) in [6.07, 6.45) is 2.57. The van der Waals surface area contributed by atoms with Crippen LogP contribution in [-0.2, 0) is 22.6 Å². The predicted molar refractivity (Wildman–Crippen MR) is 115 cm³/mol. The number of hydrogen-bond acceptors (Lipinski definition) is 4. The highest BCUT2D eigenvalue weighted by molar-refractivity contribution is 6.35. The zero-order valence-corrected chi connectivity index (χ0v) is 16.9. The highest BCUT2D eigenvalue weighted by atomic mass is 16.3. The Morgan fingerprint density at radius 2 is 1.77 bits per heavy atom. The molecule has 0 unspecified atom stereocenters. The van der Waals surface area contributed by atoms with Gasteiger partial charge < -0.3 is 20.0 Å². The molecule has 1 aliphatic heterocycles. The zero-order valence-electron chi connectivity index (χ0n) is 16.9. The molecule has 4 rings (SSSR count). The van der Waals surface area contributed by atoms with E-state index in [1.54, 1.807) is 6.26 Å². The summed E-state index contributed by atoms with van der Waals surface area (Å²) in [5.74, 6) is -0.534. The van der Waals surface area contributed by atoms with Crippen molar-refractivity contribution in [2.45, 2.75) is 25.9 Å². The average molecular weight is 403 g/mol. The number of fused-ring (bicyclic) bond motifs is 1. The van der Waals surface area contributed by atoms with Crippen molar-refractivity contribution in [2.24, 2.45) is 0 Å². The Hall–Kier alpha value is -3.54. The second kappa shape index (κ2) is 8.86. The molecule has 154 valence electrons. The maximum absolute atomic E-state index is 12.4. The van der Waals surface area contributed by atoms with E-state index in [0.717, 1.165) is 35.5 Å². The van der Waals surface area contributed by atoms with Crippen molar-refractivity contribution in [1.29, 1.82) is 0 Å². The van der Waals surface area contributed by atoms with E-state index < -0.39 is 11.8 Å².